The monoisotopic (exact) mass is 293 g/mol. The van der Waals surface area contributed by atoms with Gasteiger partial charge in [0, 0.05) is 23.7 Å². The molecule has 2 aromatic rings. The smallest absolute Gasteiger partial charge is 0.251 e. The maximum Gasteiger partial charge on any atom is 0.251 e. The summed E-state index contributed by atoms with van der Waals surface area (Å²) in [6.07, 6.45) is 2.47. The van der Waals surface area contributed by atoms with Gasteiger partial charge in [0.1, 0.15) is 5.82 Å². The summed E-state index contributed by atoms with van der Waals surface area (Å²) in [5.74, 6) is -0.290. The van der Waals surface area contributed by atoms with Crippen molar-refractivity contribution < 1.29 is 4.39 Å². The van der Waals surface area contributed by atoms with Crippen LogP contribution in [0.3, 0.4) is 0 Å². The molecular formula is C14H16FN3OS. The summed E-state index contributed by atoms with van der Waals surface area (Å²) >= 11 is 1.23. The molecule has 2 N–H and O–H groups in total. The van der Waals surface area contributed by atoms with Crippen LogP contribution in [0.25, 0.3) is 0 Å². The number of nitrogens with one attached hydrogen (secondary N) is 2. The molecule has 0 amide bonds. The Kier molecular flexibility index (Phi) is 5.31. The lowest BCUT2D eigenvalue weighted by Gasteiger charge is -2.06. The average molecular weight is 293 g/mol. The minimum Gasteiger partial charge on any atom is -0.313 e. The first kappa shape index (κ1) is 14.7. The van der Waals surface area contributed by atoms with E-state index >= 15 is 0 Å². The topological polar surface area (TPSA) is 57.8 Å². The summed E-state index contributed by atoms with van der Waals surface area (Å²) in [6.45, 7) is 3.60. The van der Waals surface area contributed by atoms with Crippen LogP contribution in [-0.4, -0.2) is 16.5 Å². The highest BCUT2D eigenvalue weighted by Crippen LogP contribution is 2.25. The minimum atomic E-state index is -0.290. The van der Waals surface area contributed by atoms with Crippen LogP contribution in [0.1, 0.15) is 18.9 Å². The zero-order valence-electron chi connectivity index (χ0n) is 11.1. The number of hydrogen-bond donors (Lipinski definition) is 2. The van der Waals surface area contributed by atoms with Crippen LogP contribution in [0.4, 0.5) is 4.39 Å². The van der Waals surface area contributed by atoms with Crippen LogP contribution < -0.4 is 10.9 Å². The van der Waals surface area contributed by atoms with Gasteiger partial charge >= 0.3 is 0 Å². The first-order valence-corrected chi connectivity index (χ1v) is 7.22. The quantitative estimate of drug-likeness (QED) is 0.635. The number of benzene rings is 1. The minimum absolute atomic E-state index is 0.219. The molecule has 0 unspecified atom stereocenters. The Morgan fingerprint density at radius 2 is 2.25 bits per heavy atom. The lowest BCUT2D eigenvalue weighted by Crippen LogP contribution is -2.13. The first-order chi connectivity index (χ1) is 9.67. The van der Waals surface area contributed by atoms with E-state index in [2.05, 4.69) is 22.2 Å². The lowest BCUT2D eigenvalue weighted by atomic mass is 10.2. The lowest BCUT2D eigenvalue weighted by molar-refractivity contribution is 0.615. The van der Waals surface area contributed by atoms with Crippen LogP contribution in [-0.2, 0) is 6.54 Å². The SMILES string of the molecule is CCCNCc1cc(F)cc(Sc2nccc(=O)[nH]2)c1. The molecule has 2 rings (SSSR count). The van der Waals surface area contributed by atoms with Crippen molar-refractivity contribution in [3.63, 3.8) is 0 Å². The molecule has 0 fully saturated rings. The highest BCUT2D eigenvalue weighted by Gasteiger charge is 2.04. The third-order valence-corrected chi connectivity index (χ3v) is 3.42. The molecular weight excluding hydrogens is 277 g/mol. The maximum atomic E-state index is 13.6. The van der Waals surface area contributed by atoms with Gasteiger partial charge in [-0.15, -0.1) is 0 Å². The zero-order valence-corrected chi connectivity index (χ0v) is 12.0. The predicted octanol–water partition coefficient (Wildman–Crippen LogP) is 2.56. The normalized spacial score (nSPS) is 10.7. The van der Waals surface area contributed by atoms with Crippen molar-refractivity contribution in [3.8, 4) is 0 Å². The zero-order chi connectivity index (χ0) is 14.4. The van der Waals surface area contributed by atoms with Gasteiger partial charge in [-0.1, -0.05) is 18.7 Å². The van der Waals surface area contributed by atoms with Crippen molar-refractivity contribution in [1.82, 2.24) is 15.3 Å². The van der Waals surface area contributed by atoms with Gasteiger partial charge in [-0.25, -0.2) is 9.37 Å². The highest BCUT2D eigenvalue weighted by atomic mass is 32.2. The van der Waals surface area contributed by atoms with Crippen LogP contribution in [0.2, 0.25) is 0 Å². The Morgan fingerprint density at radius 3 is 3.00 bits per heavy atom. The number of aromatic amines is 1. The molecule has 0 bridgehead atoms. The molecule has 0 saturated heterocycles. The molecule has 0 saturated carbocycles. The molecule has 0 aliphatic carbocycles. The summed E-state index contributed by atoms with van der Waals surface area (Å²) in [5.41, 5.74) is 0.656. The van der Waals surface area contributed by atoms with E-state index in [-0.39, 0.29) is 11.4 Å². The van der Waals surface area contributed by atoms with Gasteiger partial charge in [0.25, 0.3) is 5.56 Å². The van der Waals surface area contributed by atoms with E-state index in [0.717, 1.165) is 18.5 Å². The molecule has 1 aromatic heterocycles. The molecule has 0 spiro atoms. The second kappa shape index (κ2) is 7.21. The van der Waals surface area contributed by atoms with E-state index in [4.69, 9.17) is 0 Å². The van der Waals surface area contributed by atoms with Crippen molar-refractivity contribution in [3.05, 3.63) is 52.2 Å². The molecule has 0 aliphatic rings. The number of H-pyrrole nitrogens is 1. The van der Waals surface area contributed by atoms with Gasteiger partial charge in [-0.3, -0.25) is 4.79 Å². The van der Waals surface area contributed by atoms with Crippen LogP contribution in [0, 0.1) is 5.82 Å². The molecule has 0 radical (unpaired) electrons. The molecule has 0 aliphatic heterocycles. The van der Waals surface area contributed by atoms with Gasteiger partial charge in [0.2, 0.25) is 0 Å². The first-order valence-electron chi connectivity index (χ1n) is 6.40. The fraction of sp³-hybridized carbons (Fsp3) is 0.286. The Bertz CT molecular complexity index is 630. The van der Waals surface area contributed by atoms with Crippen LogP contribution in [0.5, 0.6) is 0 Å². The van der Waals surface area contributed by atoms with Crippen molar-refractivity contribution >= 4 is 11.8 Å². The Morgan fingerprint density at radius 1 is 1.40 bits per heavy atom. The third-order valence-electron chi connectivity index (χ3n) is 2.55. The summed E-state index contributed by atoms with van der Waals surface area (Å²) < 4.78 is 13.6. The molecule has 4 nitrogen and oxygen atoms in total. The fourth-order valence-electron chi connectivity index (χ4n) is 1.71. The molecule has 20 heavy (non-hydrogen) atoms. The summed E-state index contributed by atoms with van der Waals surface area (Å²) in [5, 5.41) is 3.68. The standard InChI is InChI=1S/C14H16FN3OS/c1-2-4-16-9-10-6-11(15)8-12(7-10)20-14-17-5-3-13(19)18-14/h3,5-8,16H,2,4,9H2,1H3,(H,17,18,19). The predicted molar refractivity (Wildman–Crippen MR) is 77.4 cm³/mol. The van der Waals surface area contributed by atoms with Gasteiger partial charge in [0.05, 0.1) is 0 Å². The van der Waals surface area contributed by atoms with Gasteiger partial charge in [-0.05, 0) is 36.7 Å². The van der Waals surface area contributed by atoms with Crippen LogP contribution in [0.15, 0.2) is 45.3 Å². The molecule has 1 aromatic carbocycles. The number of halogens is 1. The second-order valence-corrected chi connectivity index (χ2v) is 5.38. The summed E-state index contributed by atoms with van der Waals surface area (Å²) in [6, 6.07) is 6.17. The highest BCUT2D eigenvalue weighted by molar-refractivity contribution is 7.99. The van der Waals surface area contributed by atoms with Gasteiger partial charge < -0.3 is 10.3 Å². The Balaban J connectivity index is 2.13. The number of aromatic nitrogens is 2. The Labute approximate surface area is 120 Å². The molecule has 106 valence electrons. The third kappa shape index (κ3) is 4.47. The van der Waals surface area contributed by atoms with E-state index in [1.165, 1.54) is 36.2 Å². The van der Waals surface area contributed by atoms with E-state index in [1.807, 2.05) is 6.07 Å². The Hall–Kier alpha value is -1.66. The van der Waals surface area contributed by atoms with Gasteiger partial charge in [0.15, 0.2) is 5.16 Å². The molecule has 0 atom stereocenters. The van der Waals surface area contributed by atoms with Crippen molar-refractivity contribution in [1.29, 1.82) is 0 Å². The van der Waals surface area contributed by atoms with Crippen molar-refractivity contribution in [2.24, 2.45) is 0 Å². The van der Waals surface area contributed by atoms with Crippen LogP contribution >= 0.6 is 11.8 Å². The van der Waals surface area contributed by atoms with E-state index < -0.39 is 0 Å². The largest absolute Gasteiger partial charge is 0.313 e. The van der Waals surface area contributed by atoms with Gasteiger partial charge in [-0.2, -0.15) is 0 Å². The molecule has 6 heteroatoms. The van der Waals surface area contributed by atoms with Crippen molar-refractivity contribution in [2.75, 3.05) is 6.54 Å². The number of rotatable bonds is 6. The maximum absolute atomic E-state index is 13.6. The van der Waals surface area contributed by atoms with E-state index in [1.54, 1.807) is 0 Å². The average Bonchev–Trinajstić information content (AvgIpc) is 2.38. The van der Waals surface area contributed by atoms with Crippen molar-refractivity contribution in [2.45, 2.75) is 29.9 Å². The fourth-order valence-corrected chi connectivity index (χ4v) is 2.58. The second-order valence-electron chi connectivity index (χ2n) is 4.31. The summed E-state index contributed by atoms with van der Waals surface area (Å²) in [4.78, 5) is 18.6. The van der Waals surface area contributed by atoms with E-state index in [9.17, 15) is 9.18 Å². The number of hydrogen-bond acceptors (Lipinski definition) is 4. The molecule has 1 heterocycles. The number of nitrogens with zero attached hydrogens (tertiary/aromatic N) is 1. The van der Waals surface area contributed by atoms with E-state index in [0.29, 0.717) is 16.6 Å². The summed E-state index contributed by atoms with van der Waals surface area (Å²) in [7, 11) is 0.